The second-order valence-corrected chi connectivity index (χ2v) is 11.6. The number of alkyl halides is 2. The zero-order valence-electron chi connectivity index (χ0n) is 24.2. The molecule has 0 aliphatic heterocycles. The van der Waals surface area contributed by atoms with E-state index in [9.17, 15) is 18.7 Å². The Labute approximate surface area is 226 Å². The van der Waals surface area contributed by atoms with Crippen molar-refractivity contribution in [3.63, 3.8) is 0 Å². The molecule has 1 unspecified atom stereocenters. The lowest BCUT2D eigenvalue weighted by atomic mass is 9.84. The molecule has 0 bridgehead atoms. The summed E-state index contributed by atoms with van der Waals surface area (Å²) in [5.41, 5.74) is 0.123. The molecule has 0 radical (unpaired) electrons. The van der Waals surface area contributed by atoms with Gasteiger partial charge < -0.3 is 19.9 Å². The van der Waals surface area contributed by atoms with Crippen LogP contribution in [0.5, 0.6) is 11.5 Å². The fourth-order valence-electron chi connectivity index (χ4n) is 4.60. The fraction of sp³-hybridized carbons (Fsp3) is 0.581. The third kappa shape index (κ3) is 8.16. The van der Waals surface area contributed by atoms with E-state index in [-0.39, 0.29) is 23.7 Å². The van der Waals surface area contributed by atoms with Crippen LogP contribution in [0, 0.1) is 0 Å². The van der Waals surface area contributed by atoms with E-state index in [1.54, 1.807) is 32.4 Å². The molecule has 0 heterocycles. The third-order valence-electron chi connectivity index (χ3n) is 6.95. The van der Waals surface area contributed by atoms with Gasteiger partial charge in [-0.15, -0.1) is 0 Å². The van der Waals surface area contributed by atoms with Crippen LogP contribution in [0.4, 0.5) is 14.5 Å². The molecule has 1 amide bonds. The van der Waals surface area contributed by atoms with Crippen molar-refractivity contribution < 1.29 is 28.2 Å². The fourth-order valence-corrected chi connectivity index (χ4v) is 4.60. The van der Waals surface area contributed by atoms with E-state index in [0.29, 0.717) is 22.7 Å². The Bertz CT molecular complexity index is 1070. The molecule has 2 aromatic rings. The first-order valence-corrected chi connectivity index (χ1v) is 13.4. The van der Waals surface area contributed by atoms with Crippen LogP contribution >= 0.6 is 0 Å². The summed E-state index contributed by atoms with van der Waals surface area (Å²) in [5, 5.41) is 13.0. The van der Waals surface area contributed by atoms with Crippen molar-refractivity contribution in [3.05, 3.63) is 53.1 Å². The van der Waals surface area contributed by atoms with Crippen molar-refractivity contribution in [1.82, 2.24) is 0 Å². The van der Waals surface area contributed by atoms with Crippen LogP contribution < -0.4 is 14.8 Å². The Morgan fingerprint density at radius 3 is 2.26 bits per heavy atom. The van der Waals surface area contributed by atoms with Gasteiger partial charge in [0.15, 0.2) is 11.5 Å². The number of para-hydroxylation sites is 1. The molecule has 2 rings (SSSR count). The van der Waals surface area contributed by atoms with Gasteiger partial charge in [-0.2, -0.15) is 0 Å². The Hall–Kier alpha value is -2.67. The van der Waals surface area contributed by atoms with Crippen molar-refractivity contribution >= 4 is 11.6 Å². The summed E-state index contributed by atoms with van der Waals surface area (Å²) in [6, 6.07) is 10.7. The number of benzene rings is 2. The van der Waals surface area contributed by atoms with Gasteiger partial charge in [-0.25, -0.2) is 8.78 Å². The van der Waals surface area contributed by atoms with Crippen molar-refractivity contribution in [2.75, 3.05) is 19.5 Å². The second-order valence-electron chi connectivity index (χ2n) is 11.6. The highest BCUT2D eigenvalue weighted by Gasteiger charge is 2.45. The maximum absolute atomic E-state index is 14.6. The molecule has 5 nitrogen and oxygen atoms in total. The summed E-state index contributed by atoms with van der Waals surface area (Å²) < 4.78 is 40.4. The molecule has 0 fully saturated rings. The molecule has 0 aliphatic rings. The zero-order valence-corrected chi connectivity index (χ0v) is 24.2. The molecule has 0 saturated heterocycles. The van der Waals surface area contributed by atoms with Gasteiger partial charge in [-0.1, -0.05) is 71.2 Å². The van der Waals surface area contributed by atoms with Crippen LogP contribution in [0.25, 0.3) is 0 Å². The number of hydrogen-bond donors (Lipinski definition) is 2. The smallest absolute Gasteiger partial charge is 0.279 e. The number of carbonyl (C=O) groups excluding carboxylic acids is 1. The van der Waals surface area contributed by atoms with E-state index < -0.39 is 17.9 Å². The van der Waals surface area contributed by atoms with E-state index >= 15 is 0 Å². The summed E-state index contributed by atoms with van der Waals surface area (Å²) in [5.74, 6) is -2.40. The maximum Gasteiger partial charge on any atom is 0.279 e. The number of hydrogen-bond acceptors (Lipinski definition) is 4. The van der Waals surface area contributed by atoms with Crippen LogP contribution in [0.3, 0.4) is 0 Å². The summed E-state index contributed by atoms with van der Waals surface area (Å²) in [7, 11) is 3.18. The van der Waals surface area contributed by atoms with Gasteiger partial charge in [0, 0.05) is 24.1 Å². The standard InChI is InChI=1S/C31H45F2NO4/c1-9-10-11-13-22(23-14-12-15-26(37-7)28(23)38-8)19-27(35)34-25-18-21(16-17-24(25)29(2,3)4)20-31(32,33)30(5,6)36/h12,14-18,22,36H,9-11,13,19-20H2,1-8H3,(H,34,35). The van der Waals surface area contributed by atoms with Crippen molar-refractivity contribution in [2.24, 2.45) is 0 Å². The lowest BCUT2D eigenvalue weighted by molar-refractivity contribution is -0.160. The number of ether oxygens (including phenoxy) is 2. The number of nitrogens with one attached hydrogen (secondary N) is 1. The van der Waals surface area contributed by atoms with Gasteiger partial charge in [-0.05, 0) is 54.9 Å². The van der Waals surface area contributed by atoms with Crippen molar-refractivity contribution in [1.29, 1.82) is 0 Å². The maximum atomic E-state index is 14.6. The Morgan fingerprint density at radius 2 is 1.71 bits per heavy atom. The largest absolute Gasteiger partial charge is 0.493 e. The highest BCUT2D eigenvalue weighted by atomic mass is 19.3. The average Bonchev–Trinajstić information content (AvgIpc) is 2.81. The van der Waals surface area contributed by atoms with Crippen LogP contribution in [-0.4, -0.2) is 36.8 Å². The van der Waals surface area contributed by atoms with E-state index in [4.69, 9.17) is 9.47 Å². The average molecular weight is 534 g/mol. The molecule has 212 valence electrons. The Kier molecular flexibility index (Phi) is 10.7. The molecule has 0 aliphatic carbocycles. The Balaban J connectivity index is 2.40. The van der Waals surface area contributed by atoms with Gasteiger partial charge in [0.2, 0.25) is 5.91 Å². The van der Waals surface area contributed by atoms with E-state index in [1.807, 2.05) is 39.0 Å². The highest BCUT2D eigenvalue weighted by Crippen LogP contribution is 2.40. The molecule has 1 atom stereocenters. The predicted molar refractivity (Wildman–Crippen MR) is 150 cm³/mol. The number of aliphatic hydroxyl groups is 1. The first kappa shape index (κ1) is 31.5. The molecule has 0 saturated carbocycles. The number of rotatable bonds is 13. The molecule has 0 aromatic heterocycles. The molecule has 0 spiro atoms. The molecule has 38 heavy (non-hydrogen) atoms. The predicted octanol–water partition coefficient (Wildman–Crippen LogP) is 7.64. The van der Waals surface area contributed by atoms with E-state index in [0.717, 1.165) is 50.7 Å². The van der Waals surface area contributed by atoms with Gasteiger partial charge >= 0.3 is 0 Å². The molecule has 7 heteroatoms. The molecule has 2 aromatic carbocycles. The van der Waals surface area contributed by atoms with E-state index in [2.05, 4.69) is 12.2 Å². The number of unbranched alkanes of at least 4 members (excludes halogenated alkanes) is 2. The lowest BCUT2D eigenvalue weighted by Crippen LogP contribution is -2.44. The molecular formula is C31H45F2NO4. The van der Waals surface area contributed by atoms with Crippen LogP contribution in [0.15, 0.2) is 36.4 Å². The van der Waals surface area contributed by atoms with Gasteiger partial charge in [0.05, 0.1) is 14.2 Å². The quantitative estimate of drug-likeness (QED) is 0.260. The molecule has 2 N–H and O–H groups in total. The zero-order chi connectivity index (χ0) is 28.7. The van der Waals surface area contributed by atoms with Crippen molar-refractivity contribution in [3.8, 4) is 11.5 Å². The monoisotopic (exact) mass is 533 g/mol. The third-order valence-corrected chi connectivity index (χ3v) is 6.95. The molecular weight excluding hydrogens is 488 g/mol. The number of methoxy groups -OCH3 is 2. The van der Waals surface area contributed by atoms with Crippen molar-refractivity contribution in [2.45, 2.75) is 103 Å². The Morgan fingerprint density at radius 1 is 1.03 bits per heavy atom. The van der Waals surface area contributed by atoms with Gasteiger partial charge in [-0.3, -0.25) is 4.79 Å². The van der Waals surface area contributed by atoms with Gasteiger partial charge in [0.25, 0.3) is 5.92 Å². The number of anilines is 1. The summed E-state index contributed by atoms with van der Waals surface area (Å²) in [6.45, 7) is 10.4. The summed E-state index contributed by atoms with van der Waals surface area (Å²) in [4.78, 5) is 13.4. The topological polar surface area (TPSA) is 67.8 Å². The minimum atomic E-state index is -3.33. The number of amides is 1. The highest BCUT2D eigenvalue weighted by molar-refractivity contribution is 5.92. The SMILES string of the molecule is CCCCCC(CC(=O)Nc1cc(CC(F)(F)C(C)(C)O)ccc1C(C)(C)C)c1cccc(OC)c1OC. The first-order valence-electron chi connectivity index (χ1n) is 13.4. The minimum Gasteiger partial charge on any atom is -0.493 e. The number of halogens is 2. The summed E-state index contributed by atoms with van der Waals surface area (Å²) >= 11 is 0. The van der Waals surface area contributed by atoms with Crippen LogP contribution in [0.1, 0.15) is 96.3 Å². The summed E-state index contributed by atoms with van der Waals surface area (Å²) in [6.07, 6.45) is 3.45. The number of carbonyl (C=O) groups is 1. The lowest BCUT2D eigenvalue weighted by Gasteiger charge is -2.30. The first-order chi connectivity index (χ1) is 17.6. The van der Waals surface area contributed by atoms with Gasteiger partial charge in [0.1, 0.15) is 5.60 Å². The van der Waals surface area contributed by atoms with Crippen LogP contribution in [-0.2, 0) is 16.6 Å². The minimum absolute atomic E-state index is 0.104. The second kappa shape index (κ2) is 12.9. The van der Waals surface area contributed by atoms with E-state index in [1.165, 1.54) is 0 Å². The van der Waals surface area contributed by atoms with Crippen LogP contribution in [0.2, 0.25) is 0 Å². The normalized spacial score (nSPS) is 13.2.